The van der Waals surface area contributed by atoms with Crippen LogP contribution < -0.4 is 5.32 Å². The van der Waals surface area contributed by atoms with Gasteiger partial charge in [0.25, 0.3) is 0 Å². The fourth-order valence-electron chi connectivity index (χ4n) is 1.14. The van der Waals surface area contributed by atoms with Gasteiger partial charge in [0.15, 0.2) is 0 Å². The lowest BCUT2D eigenvalue weighted by molar-refractivity contribution is 0.621. The van der Waals surface area contributed by atoms with Crippen LogP contribution in [0.2, 0.25) is 10.0 Å². The molecule has 0 fully saturated rings. The number of rotatable bonds is 4. The first-order valence-corrected chi connectivity index (χ1v) is 5.68. The van der Waals surface area contributed by atoms with Crippen LogP contribution in [-0.4, -0.2) is 13.1 Å². The third kappa shape index (κ3) is 4.25. The summed E-state index contributed by atoms with van der Waals surface area (Å²) in [6.07, 6.45) is 5.17. The topological polar surface area (TPSA) is 12.0 Å². The zero-order valence-corrected chi connectivity index (χ0v) is 10.4. The first-order chi connectivity index (χ1) is 7.13. The molecule has 0 aromatic heterocycles. The molecule has 0 aliphatic rings. The van der Waals surface area contributed by atoms with Gasteiger partial charge in [-0.3, -0.25) is 0 Å². The van der Waals surface area contributed by atoms with E-state index in [0.717, 1.165) is 12.0 Å². The zero-order chi connectivity index (χ0) is 11.3. The number of hydrogen-bond acceptors (Lipinski definition) is 1. The van der Waals surface area contributed by atoms with Gasteiger partial charge in [0.1, 0.15) is 0 Å². The largest absolute Gasteiger partial charge is 0.317 e. The van der Waals surface area contributed by atoms with Gasteiger partial charge in [-0.2, -0.15) is 0 Å². The molecule has 0 saturated carbocycles. The fraction of sp³-hybridized carbons (Fsp3) is 0.333. The van der Waals surface area contributed by atoms with E-state index in [9.17, 15) is 0 Å². The minimum Gasteiger partial charge on any atom is -0.317 e. The monoisotopic (exact) mass is 243 g/mol. The fourth-order valence-corrected chi connectivity index (χ4v) is 1.45. The summed E-state index contributed by atoms with van der Waals surface area (Å²) in [7, 11) is 1.96. The molecule has 1 rings (SSSR count). The molecule has 0 saturated heterocycles. The minimum absolute atomic E-state index is 0.490. The highest BCUT2D eigenvalue weighted by molar-refractivity contribution is 6.42. The average Bonchev–Trinajstić information content (AvgIpc) is 2.23. The molecule has 0 bridgehead atoms. The molecule has 0 spiro atoms. The SMILES string of the molecule is CN[C@H](C)CC=Cc1ccc(Cl)c(Cl)c1. The quantitative estimate of drug-likeness (QED) is 0.843. The molecule has 1 aromatic rings. The van der Waals surface area contributed by atoms with Crippen LogP contribution in [0.15, 0.2) is 24.3 Å². The maximum atomic E-state index is 5.90. The van der Waals surface area contributed by atoms with Gasteiger partial charge >= 0.3 is 0 Å². The summed E-state index contributed by atoms with van der Waals surface area (Å²) in [6, 6.07) is 6.12. The highest BCUT2D eigenvalue weighted by Gasteiger charge is 1.97. The molecule has 0 heterocycles. The van der Waals surface area contributed by atoms with Crippen LogP contribution in [0.5, 0.6) is 0 Å². The lowest BCUT2D eigenvalue weighted by atomic mass is 10.1. The van der Waals surface area contributed by atoms with E-state index < -0.39 is 0 Å². The molecule has 15 heavy (non-hydrogen) atoms. The number of benzene rings is 1. The molecule has 1 N–H and O–H groups in total. The predicted molar refractivity (Wildman–Crippen MR) is 68.6 cm³/mol. The van der Waals surface area contributed by atoms with Crippen molar-refractivity contribution in [3.8, 4) is 0 Å². The number of hydrogen-bond donors (Lipinski definition) is 1. The van der Waals surface area contributed by atoms with Crippen LogP contribution in [-0.2, 0) is 0 Å². The third-order valence-corrected chi connectivity index (χ3v) is 2.98. The Morgan fingerprint density at radius 3 is 2.67 bits per heavy atom. The molecule has 0 radical (unpaired) electrons. The highest BCUT2D eigenvalue weighted by atomic mass is 35.5. The van der Waals surface area contributed by atoms with Crippen molar-refractivity contribution in [1.82, 2.24) is 5.32 Å². The Balaban J connectivity index is 2.61. The Hall–Kier alpha value is -0.500. The smallest absolute Gasteiger partial charge is 0.0598 e. The molecule has 0 aliphatic heterocycles. The van der Waals surface area contributed by atoms with Crippen LogP contribution in [0.1, 0.15) is 18.9 Å². The van der Waals surface area contributed by atoms with Gasteiger partial charge in [0.2, 0.25) is 0 Å². The summed E-state index contributed by atoms with van der Waals surface area (Å²) in [5, 5.41) is 4.37. The van der Waals surface area contributed by atoms with Crippen molar-refractivity contribution in [2.24, 2.45) is 0 Å². The standard InChI is InChI=1S/C12H15Cl2N/c1-9(15-2)4-3-5-10-6-7-11(13)12(14)8-10/h3,5-9,15H,4H2,1-2H3/t9-/m1/s1. The molecule has 0 amide bonds. The van der Waals surface area contributed by atoms with E-state index in [1.807, 2.05) is 25.2 Å². The molecular weight excluding hydrogens is 229 g/mol. The van der Waals surface area contributed by atoms with Crippen molar-refractivity contribution in [1.29, 1.82) is 0 Å². The van der Waals surface area contributed by atoms with E-state index in [-0.39, 0.29) is 0 Å². The second kappa shape index (κ2) is 6.16. The van der Waals surface area contributed by atoms with E-state index in [2.05, 4.69) is 24.4 Å². The number of nitrogens with one attached hydrogen (secondary N) is 1. The molecule has 1 nitrogen and oxygen atoms in total. The Bertz CT molecular complexity index is 347. The first-order valence-electron chi connectivity index (χ1n) is 4.92. The van der Waals surface area contributed by atoms with Crippen LogP contribution in [0, 0.1) is 0 Å². The van der Waals surface area contributed by atoms with E-state index >= 15 is 0 Å². The van der Waals surface area contributed by atoms with Crippen molar-refractivity contribution in [2.75, 3.05) is 7.05 Å². The predicted octanol–water partition coefficient (Wildman–Crippen LogP) is 4.00. The lowest BCUT2D eigenvalue weighted by Crippen LogP contribution is -2.19. The molecule has 3 heteroatoms. The second-order valence-electron chi connectivity index (χ2n) is 3.50. The Labute approximate surface area is 101 Å². The Morgan fingerprint density at radius 2 is 2.07 bits per heavy atom. The first kappa shape index (κ1) is 12.6. The van der Waals surface area contributed by atoms with Crippen LogP contribution in [0.4, 0.5) is 0 Å². The van der Waals surface area contributed by atoms with Gasteiger partial charge in [-0.25, -0.2) is 0 Å². The van der Waals surface area contributed by atoms with Gasteiger partial charge in [-0.15, -0.1) is 0 Å². The summed E-state index contributed by atoms with van der Waals surface area (Å²) in [6.45, 7) is 2.14. The molecule has 1 aromatic carbocycles. The summed E-state index contributed by atoms with van der Waals surface area (Å²) in [5.41, 5.74) is 1.08. The highest BCUT2D eigenvalue weighted by Crippen LogP contribution is 2.23. The summed E-state index contributed by atoms with van der Waals surface area (Å²) in [4.78, 5) is 0. The van der Waals surface area contributed by atoms with Gasteiger partial charge in [0, 0.05) is 6.04 Å². The van der Waals surface area contributed by atoms with Gasteiger partial charge < -0.3 is 5.32 Å². The molecular formula is C12H15Cl2N. The molecule has 0 unspecified atom stereocenters. The maximum Gasteiger partial charge on any atom is 0.0598 e. The summed E-state index contributed by atoms with van der Waals surface area (Å²) in [5.74, 6) is 0. The summed E-state index contributed by atoms with van der Waals surface area (Å²) >= 11 is 11.7. The molecule has 1 atom stereocenters. The Kier molecular flexibility index (Phi) is 5.16. The number of halogens is 2. The lowest BCUT2D eigenvalue weighted by Gasteiger charge is -2.05. The van der Waals surface area contributed by atoms with Crippen LogP contribution >= 0.6 is 23.2 Å². The molecule has 82 valence electrons. The van der Waals surface area contributed by atoms with E-state index in [1.54, 1.807) is 0 Å². The second-order valence-corrected chi connectivity index (χ2v) is 4.32. The Morgan fingerprint density at radius 1 is 1.33 bits per heavy atom. The summed E-state index contributed by atoms with van der Waals surface area (Å²) < 4.78 is 0. The van der Waals surface area contributed by atoms with Crippen LogP contribution in [0.25, 0.3) is 6.08 Å². The minimum atomic E-state index is 0.490. The van der Waals surface area contributed by atoms with Gasteiger partial charge in [0.05, 0.1) is 10.0 Å². The molecule has 0 aliphatic carbocycles. The normalized spacial score (nSPS) is 13.3. The van der Waals surface area contributed by atoms with E-state index in [1.165, 1.54) is 0 Å². The van der Waals surface area contributed by atoms with E-state index in [4.69, 9.17) is 23.2 Å². The average molecular weight is 244 g/mol. The van der Waals surface area contributed by atoms with E-state index in [0.29, 0.717) is 16.1 Å². The maximum absolute atomic E-state index is 5.90. The van der Waals surface area contributed by atoms with Crippen molar-refractivity contribution in [3.63, 3.8) is 0 Å². The van der Waals surface area contributed by atoms with Gasteiger partial charge in [-0.1, -0.05) is 41.4 Å². The van der Waals surface area contributed by atoms with Crippen molar-refractivity contribution < 1.29 is 0 Å². The van der Waals surface area contributed by atoms with Crippen molar-refractivity contribution >= 4 is 29.3 Å². The zero-order valence-electron chi connectivity index (χ0n) is 8.93. The van der Waals surface area contributed by atoms with Crippen molar-refractivity contribution in [2.45, 2.75) is 19.4 Å². The van der Waals surface area contributed by atoms with Crippen LogP contribution in [0.3, 0.4) is 0 Å². The third-order valence-electron chi connectivity index (χ3n) is 2.24. The van der Waals surface area contributed by atoms with Gasteiger partial charge in [-0.05, 0) is 38.1 Å². The van der Waals surface area contributed by atoms with Crippen molar-refractivity contribution in [3.05, 3.63) is 39.9 Å².